The number of rotatable bonds is 2. The van der Waals surface area contributed by atoms with Crippen LogP contribution in [-0.2, 0) is 19.1 Å². The summed E-state index contributed by atoms with van der Waals surface area (Å²) in [5.74, 6) is -0.918. The lowest BCUT2D eigenvalue weighted by molar-refractivity contribution is -0.153. The Kier molecular flexibility index (Phi) is 3.75. The molecule has 1 aliphatic carbocycles. The minimum absolute atomic E-state index is 0.0351. The van der Waals surface area contributed by atoms with Gasteiger partial charge < -0.3 is 9.47 Å². The van der Waals surface area contributed by atoms with Crippen LogP contribution in [0.15, 0.2) is 0 Å². The van der Waals surface area contributed by atoms with E-state index in [1.54, 1.807) is 27.7 Å². The molecule has 6 nitrogen and oxygen atoms in total. The van der Waals surface area contributed by atoms with Gasteiger partial charge in [-0.15, -0.1) is 0 Å². The van der Waals surface area contributed by atoms with E-state index in [4.69, 9.17) is 9.47 Å². The smallest absolute Gasteiger partial charge is 0.411 e. The van der Waals surface area contributed by atoms with Gasteiger partial charge in [-0.3, -0.25) is 9.69 Å². The van der Waals surface area contributed by atoms with Gasteiger partial charge in [-0.05, 0) is 34.1 Å². The van der Waals surface area contributed by atoms with Crippen LogP contribution >= 0.6 is 0 Å². The molecule has 0 aromatic heterocycles. The van der Waals surface area contributed by atoms with Crippen molar-refractivity contribution in [3.05, 3.63) is 0 Å². The number of amides is 1. The first-order chi connectivity index (χ1) is 9.24. The maximum absolute atomic E-state index is 12.3. The van der Waals surface area contributed by atoms with Crippen molar-refractivity contribution in [3.8, 4) is 0 Å². The molecular weight excluding hydrogens is 262 g/mol. The highest BCUT2D eigenvalue weighted by molar-refractivity contribution is 5.95. The Morgan fingerprint density at radius 2 is 2.00 bits per heavy atom. The van der Waals surface area contributed by atoms with Gasteiger partial charge in [-0.2, -0.15) is 0 Å². The van der Waals surface area contributed by atoms with E-state index >= 15 is 0 Å². The summed E-state index contributed by atoms with van der Waals surface area (Å²) in [6, 6.07) is -1.06. The molecule has 0 radical (unpaired) electrons. The number of ether oxygens (including phenoxy) is 2. The van der Waals surface area contributed by atoms with Crippen LogP contribution in [0.1, 0.15) is 40.5 Å². The molecule has 0 aromatic carbocycles. The third-order valence-electron chi connectivity index (χ3n) is 3.58. The van der Waals surface area contributed by atoms with Crippen molar-refractivity contribution in [1.29, 1.82) is 0 Å². The third-order valence-corrected chi connectivity index (χ3v) is 3.58. The zero-order valence-corrected chi connectivity index (χ0v) is 12.3. The third kappa shape index (κ3) is 2.64. The first kappa shape index (κ1) is 14.8. The second kappa shape index (κ2) is 5.07. The Labute approximate surface area is 118 Å². The van der Waals surface area contributed by atoms with E-state index in [0.717, 1.165) is 0 Å². The standard InChI is InChI=1S/C14H21NO5/c1-5-19-12(17)11-9-6-8(7-10(9)16)15(11)13(18)20-14(2,3)4/h8-9,11H,5-7H2,1-4H3/t8-,9+,11-/m0/s1. The maximum atomic E-state index is 12.3. The zero-order valence-electron chi connectivity index (χ0n) is 12.3. The lowest BCUT2D eigenvalue weighted by Crippen LogP contribution is -2.53. The lowest BCUT2D eigenvalue weighted by Gasteiger charge is -2.34. The van der Waals surface area contributed by atoms with E-state index in [2.05, 4.69) is 0 Å². The van der Waals surface area contributed by atoms with E-state index in [-0.39, 0.29) is 18.4 Å². The van der Waals surface area contributed by atoms with Gasteiger partial charge >= 0.3 is 12.1 Å². The number of carbonyl (C=O) groups is 3. The van der Waals surface area contributed by atoms with Gasteiger partial charge in [0.05, 0.1) is 12.5 Å². The fourth-order valence-electron chi connectivity index (χ4n) is 2.91. The molecule has 1 saturated heterocycles. The summed E-state index contributed by atoms with van der Waals surface area (Å²) in [5.41, 5.74) is -0.637. The second-order valence-corrected chi connectivity index (χ2v) is 6.25. The van der Waals surface area contributed by atoms with Crippen LogP contribution in [0.5, 0.6) is 0 Å². The molecule has 2 fully saturated rings. The number of esters is 1. The Morgan fingerprint density at radius 3 is 2.55 bits per heavy atom. The summed E-state index contributed by atoms with van der Waals surface area (Å²) >= 11 is 0. The van der Waals surface area contributed by atoms with Gasteiger partial charge in [-0.1, -0.05) is 0 Å². The largest absolute Gasteiger partial charge is 0.464 e. The summed E-state index contributed by atoms with van der Waals surface area (Å²) in [6.07, 6.45) is 0.289. The van der Waals surface area contributed by atoms with Gasteiger partial charge in [0, 0.05) is 12.5 Å². The molecule has 20 heavy (non-hydrogen) atoms. The number of piperidine rings is 1. The summed E-state index contributed by atoms with van der Waals surface area (Å²) in [6.45, 7) is 7.23. The number of carbonyl (C=O) groups excluding carboxylic acids is 3. The minimum Gasteiger partial charge on any atom is -0.464 e. The first-order valence-electron chi connectivity index (χ1n) is 6.95. The molecule has 3 atom stereocenters. The summed E-state index contributed by atoms with van der Waals surface area (Å²) < 4.78 is 10.3. The topological polar surface area (TPSA) is 72.9 Å². The van der Waals surface area contributed by atoms with E-state index in [9.17, 15) is 14.4 Å². The Balaban J connectivity index is 2.19. The molecule has 1 aliphatic heterocycles. The van der Waals surface area contributed by atoms with Crippen molar-refractivity contribution in [1.82, 2.24) is 4.90 Å². The fourth-order valence-corrected chi connectivity index (χ4v) is 2.91. The van der Waals surface area contributed by atoms with E-state index in [0.29, 0.717) is 12.8 Å². The molecule has 0 spiro atoms. The number of nitrogens with zero attached hydrogens (tertiary/aromatic N) is 1. The van der Waals surface area contributed by atoms with E-state index in [1.165, 1.54) is 4.90 Å². The number of fused-ring (bicyclic) bond motifs is 2. The SMILES string of the molecule is CCOC(=O)[C@@H]1[C@@H]2C[C@@H](CC2=O)N1C(=O)OC(C)(C)C. The van der Waals surface area contributed by atoms with Gasteiger partial charge in [0.1, 0.15) is 17.4 Å². The molecule has 112 valence electrons. The highest BCUT2D eigenvalue weighted by Gasteiger charge is 2.57. The summed E-state index contributed by atoms with van der Waals surface area (Å²) in [5, 5.41) is 0. The average molecular weight is 283 g/mol. The van der Waals surface area contributed by atoms with Crippen LogP contribution in [0, 0.1) is 5.92 Å². The highest BCUT2D eigenvalue weighted by Crippen LogP contribution is 2.41. The van der Waals surface area contributed by atoms with Gasteiger partial charge in [-0.25, -0.2) is 9.59 Å². The maximum Gasteiger partial charge on any atom is 0.411 e. The van der Waals surface area contributed by atoms with E-state index in [1.807, 2.05) is 0 Å². The lowest BCUT2D eigenvalue weighted by atomic mass is 9.98. The Bertz CT molecular complexity index is 439. The number of hydrogen-bond donors (Lipinski definition) is 0. The molecule has 6 heteroatoms. The van der Waals surface area contributed by atoms with Crippen molar-refractivity contribution in [2.45, 2.75) is 58.2 Å². The predicted octanol–water partition coefficient (Wildman–Crippen LogP) is 1.52. The van der Waals surface area contributed by atoms with Crippen LogP contribution in [0.4, 0.5) is 4.79 Å². The van der Waals surface area contributed by atoms with Crippen molar-refractivity contribution < 1.29 is 23.9 Å². The monoisotopic (exact) mass is 283 g/mol. The molecule has 0 unspecified atom stereocenters. The van der Waals surface area contributed by atoms with Crippen LogP contribution < -0.4 is 0 Å². The molecular formula is C14H21NO5. The normalized spacial score (nSPS) is 28.7. The fraction of sp³-hybridized carbons (Fsp3) is 0.786. The van der Waals surface area contributed by atoms with Crippen LogP contribution in [0.3, 0.4) is 0 Å². The Hall–Kier alpha value is -1.59. The van der Waals surface area contributed by atoms with Gasteiger partial charge in [0.2, 0.25) is 0 Å². The quantitative estimate of drug-likeness (QED) is 0.718. The molecule has 2 rings (SSSR count). The Morgan fingerprint density at radius 1 is 1.35 bits per heavy atom. The number of Topliss-reactive ketones (excluding diaryl/α,β-unsaturated/α-hetero) is 1. The van der Waals surface area contributed by atoms with E-state index < -0.39 is 29.6 Å². The number of ketones is 1. The number of likely N-dealkylation sites (tertiary alicyclic amines) is 1. The second-order valence-electron chi connectivity index (χ2n) is 6.25. The molecule has 2 bridgehead atoms. The van der Waals surface area contributed by atoms with Crippen molar-refractivity contribution in [2.24, 2.45) is 5.92 Å². The highest BCUT2D eigenvalue weighted by atomic mass is 16.6. The molecule has 0 N–H and O–H groups in total. The molecule has 1 saturated carbocycles. The van der Waals surface area contributed by atoms with Gasteiger partial charge in [0.15, 0.2) is 0 Å². The molecule has 1 heterocycles. The minimum atomic E-state index is -0.823. The van der Waals surface area contributed by atoms with Crippen LogP contribution in [0.25, 0.3) is 0 Å². The predicted molar refractivity (Wildman–Crippen MR) is 70.0 cm³/mol. The molecule has 2 aliphatic rings. The summed E-state index contributed by atoms with van der Waals surface area (Å²) in [4.78, 5) is 37.5. The average Bonchev–Trinajstić information content (AvgIpc) is 2.82. The van der Waals surface area contributed by atoms with Crippen molar-refractivity contribution >= 4 is 17.8 Å². The van der Waals surface area contributed by atoms with Gasteiger partial charge in [0.25, 0.3) is 0 Å². The van der Waals surface area contributed by atoms with Crippen LogP contribution in [0.2, 0.25) is 0 Å². The van der Waals surface area contributed by atoms with Crippen LogP contribution in [-0.4, -0.2) is 47.0 Å². The molecule has 1 amide bonds. The summed E-state index contributed by atoms with van der Waals surface area (Å²) in [7, 11) is 0. The molecule has 0 aromatic rings. The van der Waals surface area contributed by atoms with Crippen molar-refractivity contribution in [3.63, 3.8) is 0 Å². The first-order valence-corrected chi connectivity index (χ1v) is 6.95. The number of hydrogen-bond acceptors (Lipinski definition) is 5. The zero-order chi connectivity index (χ0) is 15.1. The van der Waals surface area contributed by atoms with Crippen molar-refractivity contribution in [2.75, 3.05) is 6.61 Å².